The second-order valence-electron chi connectivity index (χ2n) is 7.74. The van der Waals surface area contributed by atoms with Gasteiger partial charge in [-0.2, -0.15) is 4.91 Å². The van der Waals surface area contributed by atoms with Crippen molar-refractivity contribution in [1.82, 2.24) is 4.90 Å². The van der Waals surface area contributed by atoms with Crippen molar-refractivity contribution in [2.45, 2.75) is 77.1 Å². The number of nitrogens with zero attached hydrogens (tertiary/aromatic N) is 2. The maximum atomic E-state index is 12.5. The molecule has 1 amide bonds. The summed E-state index contributed by atoms with van der Waals surface area (Å²) in [5.74, 6) is -2.01. The highest BCUT2D eigenvalue weighted by Gasteiger charge is 2.44. The van der Waals surface area contributed by atoms with Crippen LogP contribution in [0, 0.1) is 16.2 Å². The molecule has 0 atom stereocenters. The van der Waals surface area contributed by atoms with Crippen molar-refractivity contribution >= 4 is 5.91 Å². The summed E-state index contributed by atoms with van der Waals surface area (Å²) in [7, 11) is 0. The molecular formula is C18H30F2N2O2. The average Bonchev–Trinajstić information content (AvgIpc) is 3.30. The number of amides is 1. The zero-order valence-corrected chi connectivity index (χ0v) is 14.7. The van der Waals surface area contributed by atoms with Gasteiger partial charge in [0.2, 0.25) is 11.8 Å². The molecule has 1 spiro atoms. The zero-order valence-electron chi connectivity index (χ0n) is 14.7. The Hall–Kier alpha value is -1.07. The monoisotopic (exact) mass is 344 g/mol. The molecule has 0 aromatic heterocycles. The number of hydrogen-bond donors (Lipinski definition) is 0. The van der Waals surface area contributed by atoms with Crippen molar-refractivity contribution in [3.8, 4) is 0 Å². The van der Waals surface area contributed by atoms with Gasteiger partial charge in [0.05, 0.1) is 6.54 Å². The van der Waals surface area contributed by atoms with Crippen molar-refractivity contribution in [1.29, 1.82) is 0 Å². The second kappa shape index (κ2) is 8.34. The van der Waals surface area contributed by atoms with Gasteiger partial charge in [-0.3, -0.25) is 4.79 Å². The van der Waals surface area contributed by atoms with E-state index in [1.54, 1.807) is 0 Å². The Morgan fingerprint density at radius 2 is 1.67 bits per heavy atom. The summed E-state index contributed by atoms with van der Waals surface area (Å²) in [6, 6.07) is 0. The van der Waals surface area contributed by atoms with E-state index < -0.39 is 5.92 Å². The molecule has 0 radical (unpaired) electrons. The molecule has 1 saturated heterocycles. The molecule has 6 heteroatoms. The Kier molecular flexibility index (Phi) is 6.70. The normalized spacial score (nSPS) is 24.9. The van der Waals surface area contributed by atoms with Gasteiger partial charge >= 0.3 is 0 Å². The van der Waals surface area contributed by atoms with Gasteiger partial charge < -0.3 is 4.90 Å². The van der Waals surface area contributed by atoms with E-state index in [9.17, 15) is 18.5 Å². The van der Waals surface area contributed by atoms with Crippen LogP contribution in [0.2, 0.25) is 0 Å². The summed E-state index contributed by atoms with van der Waals surface area (Å²) in [6.45, 7) is 4.33. The third-order valence-corrected chi connectivity index (χ3v) is 5.77. The minimum Gasteiger partial charge on any atom is -0.343 e. The largest absolute Gasteiger partial charge is 0.343 e. The van der Waals surface area contributed by atoms with Gasteiger partial charge in [0.1, 0.15) is 0 Å². The van der Waals surface area contributed by atoms with Crippen molar-refractivity contribution < 1.29 is 13.6 Å². The molecule has 2 aliphatic carbocycles. The molecule has 0 bridgehead atoms. The summed E-state index contributed by atoms with van der Waals surface area (Å²) < 4.78 is 25.0. The lowest BCUT2D eigenvalue weighted by Crippen LogP contribution is -2.38. The van der Waals surface area contributed by atoms with Crippen LogP contribution in [0.15, 0.2) is 5.18 Å². The van der Waals surface area contributed by atoms with Crippen LogP contribution in [0.4, 0.5) is 8.78 Å². The molecule has 3 fully saturated rings. The molecule has 0 unspecified atom stereocenters. The molecule has 0 aromatic rings. The number of likely N-dealkylation sites (tertiary alicyclic amines) is 1. The number of halogens is 2. The summed E-state index contributed by atoms with van der Waals surface area (Å²) in [4.78, 5) is 23.4. The minimum absolute atomic E-state index is 0.0762. The quantitative estimate of drug-likeness (QED) is 0.690. The van der Waals surface area contributed by atoms with Crippen LogP contribution in [0.3, 0.4) is 0 Å². The van der Waals surface area contributed by atoms with Crippen LogP contribution < -0.4 is 0 Å². The number of alkyl halides is 2. The molecule has 2 saturated carbocycles. The molecule has 0 N–H and O–H groups in total. The molecule has 1 heterocycles. The highest BCUT2D eigenvalue weighted by atomic mass is 19.3. The highest BCUT2D eigenvalue weighted by Crippen LogP contribution is 2.53. The third-order valence-electron chi connectivity index (χ3n) is 5.77. The molecule has 4 nitrogen and oxygen atoms in total. The first-order valence-corrected chi connectivity index (χ1v) is 9.34. The van der Waals surface area contributed by atoms with E-state index in [-0.39, 0.29) is 25.3 Å². The van der Waals surface area contributed by atoms with Crippen LogP contribution in [0.25, 0.3) is 0 Å². The lowest BCUT2D eigenvalue weighted by Gasteiger charge is -2.32. The van der Waals surface area contributed by atoms with Crippen LogP contribution in [0.1, 0.15) is 71.1 Å². The van der Waals surface area contributed by atoms with Gasteiger partial charge in [-0.05, 0) is 56.3 Å². The summed E-state index contributed by atoms with van der Waals surface area (Å²) >= 11 is 0. The third kappa shape index (κ3) is 5.78. The van der Waals surface area contributed by atoms with E-state index in [1.807, 2.05) is 0 Å². The Morgan fingerprint density at radius 1 is 1.08 bits per heavy atom. The van der Waals surface area contributed by atoms with Gasteiger partial charge in [0, 0.05) is 32.4 Å². The average molecular weight is 344 g/mol. The molecule has 0 aromatic carbocycles. The highest BCUT2D eigenvalue weighted by molar-refractivity contribution is 5.76. The van der Waals surface area contributed by atoms with Crippen LogP contribution >= 0.6 is 0 Å². The van der Waals surface area contributed by atoms with Gasteiger partial charge in [0.25, 0.3) is 0 Å². The van der Waals surface area contributed by atoms with Crippen LogP contribution in [0.5, 0.6) is 0 Å². The Balaban J connectivity index is 0.000000177. The molecule has 3 aliphatic rings. The molecule has 3 rings (SSSR count). The number of rotatable bonds is 4. The Labute approximate surface area is 143 Å². The van der Waals surface area contributed by atoms with Crippen molar-refractivity contribution in [3.05, 3.63) is 4.91 Å². The molecular weight excluding hydrogens is 314 g/mol. The van der Waals surface area contributed by atoms with E-state index in [2.05, 4.69) is 17.0 Å². The first-order chi connectivity index (χ1) is 11.4. The van der Waals surface area contributed by atoms with E-state index in [4.69, 9.17) is 0 Å². The Bertz CT molecular complexity index is 419. The second-order valence-corrected chi connectivity index (χ2v) is 7.74. The first-order valence-electron chi connectivity index (χ1n) is 9.34. The Morgan fingerprint density at radius 3 is 2.12 bits per heavy atom. The van der Waals surface area contributed by atoms with Crippen LogP contribution in [-0.2, 0) is 4.79 Å². The number of hydrogen-bond acceptors (Lipinski definition) is 3. The number of carbonyl (C=O) groups is 1. The summed E-state index contributed by atoms with van der Waals surface area (Å²) in [6.07, 6.45) is 7.84. The summed E-state index contributed by atoms with van der Waals surface area (Å²) in [5, 5.41) is 2.71. The fourth-order valence-corrected chi connectivity index (χ4v) is 3.67. The van der Waals surface area contributed by atoms with Crippen molar-refractivity contribution in [2.24, 2.45) is 16.5 Å². The van der Waals surface area contributed by atoms with E-state index in [1.165, 1.54) is 25.7 Å². The smallest absolute Gasteiger partial charge is 0.248 e. The zero-order chi connectivity index (χ0) is 17.6. The molecule has 138 valence electrons. The van der Waals surface area contributed by atoms with Crippen molar-refractivity contribution in [2.75, 3.05) is 19.6 Å². The van der Waals surface area contributed by atoms with Crippen LogP contribution in [-0.4, -0.2) is 36.4 Å². The van der Waals surface area contributed by atoms with Crippen molar-refractivity contribution in [3.63, 3.8) is 0 Å². The molecule has 24 heavy (non-hydrogen) atoms. The number of nitroso groups, excluding NO2 is 1. The van der Waals surface area contributed by atoms with E-state index >= 15 is 0 Å². The maximum Gasteiger partial charge on any atom is 0.248 e. The first kappa shape index (κ1) is 19.3. The summed E-state index contributed by atoms with van der Waals surface area (Å²) in [5.41, 5.74) is 0.697. The van der Waals surface area contributed by atoms with E-state index in [0.717, 1.165) is 25.9 Å². The fourth-order valence-electron chi connectivity index (χ4n) is 3.67. The number of carbonyl (C=O) groups excluding carboxylic acids is 1. The molecule has 1 aliphatic heterocycles. The standard InChI is InChI=1S/C11H19NO.C7H11F2NO/c1-2-3-10(13)12-8-6-11(4-5-11)7-9-12;8-7(9)3-1-6(2-4-7)5-10-11/h2-9H2,1H3;6H,1-5H2. The fraction of sp³-hybridized carbons (Fsp3) is 0.944. The minimum atomic E-state index is -2.49. The van der Waals surface area contributed by atoms with Gasteiger partial charge in [-0.15, -0.1) is 0 Å². The topological polar surface area (TPSA) is 49.7 Å². The van der Waals surface area contributed by atoms with E-state index in [0.29, 0.717) is 24.2 Å². The SMILES string of the molecule is CCCC(=O)N1CCC2(CC1)CC2.O=NCC1CCC(F)(F)CC1. The van der Waals surface area contributed by atoms with Gasteiger partial charge in [-0.1, -0.05) is 12.1 Å². The lowest BCUT2D eigenvalue weighted by atomic mass is 9.87. The maximum absolute atomic E-state index is 12.5. The lowest BCUT2D eigenvalue weighted by molar-refractivity contribution is -0.132. The predicted octanol–water partition coefficient (Wildman–Crippen LogP) is 4.77. The number of piperidine rings is 1. The van der Waals surface area contributed by atoms with Gasteiger partial charge in [-0.25, -0.2) is 8.78 Å². The van der Waals surface area contributed by atoms with Gasteiger partial charge in [0.15, 0.2) is 0 Å². The predicted molar refractivity (Wildman–Crippen MR) is 90.0 cm³/mol.